The van der Waals surface area contributed by atoms with E-state index >= 15 is 0 Å². The predicted octanol–water partition coefficient (Wildman–Crippen LogP) is 2.79. The Morgan fingerprint density at radius 3 is 2.67 bits per heavy atom. The Bertz CT molecular complexity index is 439. The van der Waals surface area contributed by atoms with E-state index in [-0.39, 0.29) is 5.54 Å². The van der Waals surface area contributed by atoms with Crippen LogP contribution in [0.5, 0.6) is 0 Å². The highest BCUT2D eigenvalue weighted by Gasteiger charge is 2.34. The molecule has 0 aromatic heterocycles. The van der Waals surface area contributed by atoms with Crippen LogP contribution in [0.15, 0.2) is 24.3 Å². The summed E-state index contributed by atoms with van der Waals surface area (Å²) in [6, 6.07) is 10.7. The number of anilines is 1. The third-order valence-electron chi connectivity index (χ3n) is 3.77. The molecule has 18 heavy (non-hydrogen) atoms. The van der Waals surface area contributed by atoms with E-state index in [2.05, 4.69) is 42.3 Å². The van der Waals surface area contributed by atoms with E-state index in [1.807, 2.05) is 12.1 Å². The molecule has 96 valence electrons. The van der Waals surface area contributed by atoms with Gasteiger partial charge in [0.15, 0.2) is 0 Å². The zero-order valence-corrected chi connectivity index (χ0v) is 11.2. The number of nitrogens with zero attached hydrogens (tertiary/aromatic N) is 2. The predicted molar refractivity (Wildman–Crippen MR) is 74.5 cm³/mol. The third-order valence-corrected chi connectivity index (χ3v) is 3.77. The van der Waals surface area contributed by atoms with Crippen molar-refractivity contribution in [3.05, 3.63) is 29.8 Å². The molecule has 0 radical (unpaired) electrons. The lowest BCUT2D eigenvalue weighted by atomic mass is 9.88. The number of benzene rings is 1. The van der Waals surface area contributed by atoms with Gasteiger partial charge in [0.2, 0.25) is 0 Å². The normalized spacial score (nSPS) is 19.2. The highest BCUT2D eigenvalue weighted by Crippen LogP contribution is 2.26. The molecule has 0 aliphatic carbocycles. The van der Waals surface area contributed by atoms with Crippen LogP contribution in [0.2, 0.25) is 0 Å². The standard InChI is InChI=1S/C15H21N3/c1-3-18-9-7-15(12-16,8-10-18)17-14-6-4-5-13(2)11-14/h4-6,11,17H,3,7-10H2,1-2H3. The second-order valence-corrected chi connectivity index (χ2v) is 5.12. The highest BCUT2D eigenvalue weighted by atomic mass is 15.1. The van der Waals surface area contributed by atoms with Gasteiger partial charge in [-0.15, -0.1) is 0 Å². The summed E-state index contributed by atoms with van der Waals surface area (Å²) in [5.41, 5.74) is 1.89. The fraction of sp³-hybridized carbons (Fsp3) is 0.533. The van der Waals surface area contributed by atoms with Crippen LogP contribution >= 0.6 is 0 Å². The minimum Gasteiger partial charge on any atom is -0.367 e. The highest BCUT2D eigenvalue weighted by molar-refractivity contribution is 5.49. The summed E-state index contributed by atoms with van der Waals surface area (Å²) in [6.07, 6.45) is 1.79. The van der Waals surface area contributed by atoms with Crippen LogP contribution in [0.25, 0.3) is 0 Å². The fourth-order valence-corrected chi connectivity index (χ4v) is 2.51. The van der Waals surface area contributed by atoms with Gasteiger partial charge in [-0.2, -0.15) is 5.26 Å². The molecule has 0 atom stereocenters. The molecule has 0 saturated carbocycles. The van der Waals surface area contributed by atoms with E-state index in [4.69, 9.17) is 0 Å². The van der Waals surface area contributed by atoms with Crippen LogP contribution in [0.1, 0.15) is 25.3 Å². The Kier molecular flexibility index (Phi) is 3.88. The number of rotatable bonds is 3. The van der Waals surface area contributed by atoms with Crippen molar-refractivity contribution in [3.8, 4) is 6.07 Å². The van der Waals surface area contributed by atoms with Gasteiger partial charge in [0.1, 0.15) is 5.54 Å². The van der Waals surface area contributed by atoms with Crippen LogP contribution < -0.4 is 5.32 Å². The van der Waals surface area contributed by atoms with Gasteiger partial charge in [0.05, 0.1) is 6.07 Å². The molecule has 0 spiro atoms. The van der Waals surface area contributed by atoms with Gasteiger partial charge in [0, 0.05) is 18.8 Å². The van der Waals surface area contributed by atoms with Crippen LogP contribution in [-0.2, 0) is 0 Å². The molecule has 1 heterocycles. The van der Waals surface area contributed by atoms with E-state index < -0.39 is 0 Å². The Balaban J connectivity index is 2.08. The third kappa shape index (κ3) is 2.83. The fourth-order valence-electron chi connectivity index (χ4n) is 2.51. The first-order valence-electron chi connectivity index (χ1n) is 6.66. The van der Waals surface area contributed by atoms with E-state index in [9.17, 15) is 5.26 Å². The van der Waals surface area contributed by atoms with Gasteiger partial charge in [0.25, 0.3) is 0 Å². The molecule has 1 saturated heterocycles. The van der Waals surface area contributed by atoms with Crippen molar-refractivity contribution in [1.29, 1.82) is 5.26 Å². The van der Waals surface area contributed by atoms with Crippen molar-refractivity contribution in [2.45, 2.75) is 32.2 Å². The van der Waals surface area contributed by atoms with E-state index in [1.54, 1.807) is 0 Å². The minimum absolute atomic E-state index is 0.389. The first-order valence-corrected chi connectivity index (χ1v) is 6.66. The first-order chi connectivity index (χ1) is 8.67. The molecular formula is C15H21N3. The average molecular weight is 243 g/mol. The first kappa shape index (κ1) is 12.9. The molecule has 0 bridgehead atoms. The molecule has 3 heteroatoms. The summed E-state index contributed by atoms with van der Waals surface area (Å²) >= 11 is 0. The smallest absolute Gasteiger partial charge is 0.127 e. The van der Waals surface area contributed by atoms with Crippen LogP contribution in [0, 0.1) is 18.3 Å². The molecule has 0 unspecified atom stereocenters. The van der Waals surface area contributed by atoms with Gasteiger partial charge in [-0.1, -0.05) is 19.1 Å². The molecule has 0 amide bonds. The Morgan fingerprint density at radius 2 is 2.11 bits per heavy atom. The molecule has 3 nitrogen and oxygen atoms in total. The monoisotopic (exact) mass is 243 g/mol. The van der Waals surface area contributed by atoms with Crippen LogP contribution in [0.4, 0.5) is 5.69 Å². The summed E-state index contributed by atoms with van der Waals surface area (Å²) in [5, 5.41) is 12.9. The zero-order chi connectivity index (χ0) is 13.0. The lowest BCUT2D eigenvalue weighted by Crippen LogP contribution is -2.48. The number of piperidine rings is 1. The summed E-state index contributed by atoms with van der Waals surface area (Å²) in [4.78, 5) is 2.40. The van der Waals surface area contributed by atoms with Gasteiger partial charge in [-0.3, -0.25) is 0 Å². The quantitative estimate of drug-likeness (QED) is 0.887. The van der Waals surface area contributed by atoms with Crippen molar-refractivity contribution in [3.63, 3.8) is 0 Å². The SMILES string of the molecule is CCN1CCC(C#N)(Nc2cccc(C)c2)CC1. The van der Waals surface area contributed by atoms with Gasteiger partial charge < -0.3 is 10.2 Å². The maximum absolute atomic E-state index is 9.50. The van der Waals surface area contributed by atoms with Crippen molar-refractivity contribution < 1.29 is 0 Å². The molecule has 1 aromatic carbocycles. The number of nitriles is 1. The molecule has 1 aliphatic rings. The summed E-state index contributed by atoms with van der Waals surface area (Å²) in [6.45, 7) is 7.33. The van der Waals surface area contributed by atoms with Crippen molar-refractivity contribution in [2.75, 3.05) is 25.0 Å². The Morgan fingerprint density at radius 1 is 1.39 bits per heavy atom. The lowest BCUT2D eigenvalue weighted by Gasteiger charge is -2.38. The van der Waals surface area contributed by atoms with Crippen molar-refractivity contribution >= 4 is 5.69 Å². The lowest BCUT2D eigenvalue weighted by molar-refractivity contribution is 0.206. The number of nitrogens with one attached hydrogen (secondary N) is 1. The number of hydrogen-bond donors (Lipinski definition) is 1. The number of likely N-dealkylation sites (tertiary alicyclic amines) is 1. The molecule has 1 aromatic rings. The topological polar surface area (TPSA) is 39.1 Å². The summed E-state index contributed by atoms with van der Waals surface area (Å²) in [5.74, 6) is 0. The van der Waals surface area contributed by atoms with Crippen molar-refractivity contribution in [1.82, 2.24) is 4.90 Å². The maximum atomic E-state index is 9.50. The second-order valence-electron chi connectivity index (χ2n) is 5.12. The molecule has 2 rings (SSSR count). The summed E-state index contributed by atoms with van der Waals surface area (Å²) < 4.78 is 0. The Hall–Kier alpha value is -1.53. The van der Waals surface area contributed by atoms with Gasteiger partial charge in [-0.05, 0) is 44.0 Å². The van der Waals surface area contributed by atoms with E-state index in [1.165, 1.54) is 5.56 Å². The van der Waals surface area contributed by atoms with Crippen LogP contribution in [0.3, 0.4) is 0 Å². The summed E-state index contributed by atoms with van der Waals surface area (Å²) in [7, 11) is 0. The van der Waals surface area contributed by atoms with E-state index in [0.29, 0.717) is 0 Å². The second kappa shape index (κ2) is 5.41. The number of aryl methyl sites for hydroxylation is 1. The van der Waals surface area contributed by atoms with E-state index in [0.717, 1.165) is 38.2 Å². The number of hydrogen-bond acceptors (Lipinski definition) is 3. The molecular weight excluding hydrogens is 222 g/mol. The zero-order valence-electron chi connectivity index (χ0n) is 11.2. The van der Waals surface area contributed by atoms with Gasteiger partial charge in [-0.25, -0.2) is 0 Å². The maximum Gasteiger partial charge on any atom is 0.127 e. The minimum atomic E-state index is -0.389. The molecule has 1 N–H and O–H groups in total. The Labute approximate surface area is 109 Å². The van der Waals surface area contributed by atoms with Gasteiger partial charge >= 0.3 is 0 Å². The molecule has 1 fully saturated rings. The average Bonchev–Trinajstić information content (AvgIpc) is 2.39. The molecule has 1 aliphatic heterocycles. The van der Waals surface area contributed by atoms with Crippen LogP contribution in [-0.4, -0.2) is 30.1 Å². The van der Waals surface area contributed by atoms with Crippen molar-refractivity contribution in [2.24, 2.45) is 0 Å². The largest absolute Gasteiger partial charge is 0.367 e.